The molecule has 1 amide bonds. The number of ether oxygens (including phenoxy) is 1. The average Bonchev–Trinajstić information content (AvgIpc) is 3.11. The number of rotatable bonds is 2. The highest BCUT2D eigenvalue weighted by Crippen LogP contribution is 2.32. The van der Waals surface area contributed by atoms with E-state index < -0.39 is 17.8 Å². The normalized spacial score (nSPS) is 15.2. The van der Waals surface area contributed by atoms with Gasteiger partial charge in [-0.1, -0.05) is 28.1 Å². The van der Waals surface area contributed by atoms with Gasteiger partial charge in [-0.3, -0.25) is 4.79 Å². The lowest BCUT2D eigenvalue weighted by molar-refractivity contribution is -0.142. The van der Waals surface area contributed by atoms with Crippen LogP contribution in [0.5, 0.6) is 0 Å². The SMILES string of the molecule is O=C(c1cc2nc(-c3ccc(Br)cc3)cc(C(F)(F)F)n2n1)N1CCOCC1. The molecule has 3 heterocycles. The van der Waals surface area contributed by atoms with Crippen LogP contribution in [-0.4, -0.2) is 51.7 Å². The van der Waals surface area contributed by atoms with Crippen molar-refractivity contribution in [1.82, 2.24) is 19.5 Å². The zero-order valence-corrected chi connectivity index (χ0v) is 16.0. The van der Waals surface area contributed by atoms with E-state index >= 15 is 0 Å². The Hall–Kier alpha value is -2.46. The molecule has 1 aromatic carbocycles. The van der Waals surface area contributed by atoms with Crippen molar-refractivity contribution in [2.45, 2.75) is 6.18 Å². The minimum atomic E-state index is -4.66. The van der Waals surface area contributed by atoms with Crippen molar-refractivity contribution < 1.29 is 22.7 Å². The maximum absolute atomic E-state index is 13.6. The number of halogens is 4. The van der Waals surface area contributed by atoms with Crippen molar-refractivity contribution in [2.75, 3.05) is 26.3 Å². The van der Waals surface area contributed by atoms with Crippen LogP contribution in [0.3, 0.4) is 0 Å². The average molecular weight is 455 g/mol. The van der Waals surface area contributed by atoms with Crippen LogP contribution in [-0.2, 0) is 10.9 Å². The molecule has 0 bridgehead atoms. The number of nitrogens with zero attached hydrogens (tertiary/aromatic N) is 4. The third kappa shape index (κ3) is 3.61. The highest BCUT2D eigenvalue weighted by molar-refractivity contribution is 9.10. The van der Waals surface area contributed by atoms with Crippen molar-refractivity contribution in [3.63, 3.8) is 0 Å². The fourth-order valence-corrected chi connectivity index (χ4v) is 3.24. The molecule has 1 aliphatic rings. The van der Waals surface area contributed by atoms with Gasteiger partial charge in [0, 0.05) is 29.2 Å². The molecule has 0 aliphatic carbocycles. The van der Waals surface area contributed by atoms with Gasteiger partial charge in [-0.2, -0.15) is 18.3 Å². The number of benzene rings is 1. The largest absolute Gasteiger partial charge is 0.433 e. The lowest BCUT2D eigenvalue weighted by Gasteiger charge is -2.25. The fraction of sp³-hybridized carbons (Fsp3) is 0.278. The smallest absolute Gasteiger partial charge is 0.378 e. The number of hydrogen-bond donors (Lipinski definition) is 0. The lowest BCUT2D eigenvalue weighted by atomic mass is 10.1. The Labute approximate surface area is 166 Å². The zero-order valence-electron chi connectivity index (χ0n) is 14.4. The first-order valence-corrected chi connectivity index (χ1v) is 9.23. The van der Waals surface area contributed by atoms with Crippen LogP contribution in [0.1, 0.15) is 16.2 Å². The number of carbonyl (C=O) groups is 1. The summed E-state index contributed by atoms with van der Waals surface area (Å²) < 4.78 is 47.6. The van der Waals surface area contributed by atoms with Crippen molar-refractivity contribution in [3.05, 3.63) is 52.3 Å². The molecule has 0 spiro atoms. The van der Waals surface area contributed by atoms with Crippen molar-refractivity contribution in [2.24, 2.45) is 0 Å². The van der Waals surface area contributed by atoms with E-state index in [1.807, 2.05) is 0 Å². The predicted molar refractivity (Wildman–Crippen MR) is 97.8 cm³/mol. The summed E-state index contributed by atoms with van der Waals surface area (Å²) in [6.07, 6.45) is -4.66. The Bertz CT molecular complexity index is 1030. The number of amides is 1. The molecule has 0 unspecified atom stereocenters. The number of carbonyl (C=O) groups excluding carboxylic acids is 1. The number of fused-ring (bicyclic) bond motifs is 1. The maximum Gasteiger partial charge on any atom is 0.433 e. The topological polar surface area (TPSA) is 59.7 Å². The standard InChI is InChI=1S/C18H14BrF3N4O2/c19-12-3-1-11(2-4-12)13-9-15(18(20,21)22)26-16(23-13)10-14(24-26)17(27)25-5-7-28-8-6-25/h1-4,9-10H,5-8H2. The molecule has 0 saturated carbocycles. The molecule has 1 saturated heterocycles. The second kappa shape index (κ2) is 7.17. The van der Waals surface area contributed by atoms with Gasteiger partial charge in [0.2, 0.25) is 0 Å². The van der Waals surface area contributed by atoms with Gasteiger partial charge in [0.1, 0.15) is 0 Å². The summed E-state index contributed by atoms with van der Waals surface area (Å²) in [5, 5.41) is 3.90. The molecular weight excluding hydrogens is 441 g/mol. The number of hydrogen-bond acceptors (Lipinski definition) is 4. The lowest BCUT2D eigenvalue weighted by Crippen LogP contribution is -2.40. The van der Waals surface area contributed by atoms with Gasteiger partial charge < -0.3 is 9.64 Å². The monoisotopic (exact) mass is 454 g/mol. The molecular formula is C18H14BrF3N4O2. The molecule has 2 aromatic heterocycles. The highest BCUT2D eigenvalue weighted by Gasteiger charge is 2.36. The van der Waals surface area contributed by atoms with Crippen LogP contribution in [0.2, 0.25) is 0 Å². The molecule has 0 atom stereocenters. The molecule has 1 aliphatic heterocycles. The minimum Gasteiger partial charge on any atom is -0.378 e. The van der Waals surface area contributed by atoms with Crippen molar-refractivity contribution in [3.8, 4) is 11.3 Å². The van der Waals surface area contributed by atoms with E-state index in [-0.39, 0.29) is 17.0 Å². The first-order valence-electron chi connectivity index (χ1n) is 8.44. The number of aromatic nitrogens is 3. The quantitative estimate of drug-likeness (QED) is 0.592. The second-order valence-electron chi connectivity index (χ2n) is 6.24. The number of alkyl halides is 3. The van der Waals surface area contributed by atoms with E-state index in [9.17, 15) is 18.0 Å². The van der Waals surface area contributed by atoms with Crippen LogP contribution in [0.15, 0.2) is 40.9 Å². The van der Waals surface area contributed by atoms with E-state index in [0.717, 1.165) is 10.5 Å². The van der Waals surface area contributed by atoms with Gasteiger partial charge >= 0.3 is 6.18 Å². The summed E-state index contributed by atoms with van der Waals surface area (Å²) >= 11 is 3.30. The van der Waals surface area contributed by atoms with Gasteiger partial charge in [-0.05, 0) is 18.2 Å². The Morgan fingerprint density at radius 1 is 1.11 bits per heavy atom. The number of morpholine rings is 1. The van der Waals surface area contributed by atoms with Gasteiger partial charge in [0.15, 0.2) is 17.0 Å². The maximum atomic E-state index is 13.6. The van der Waals surface area contributed by atoms with Crippen molar-refractivity contribution >= 4 is 27.5 Å². The summed E-state index contributed by atoms with van der Waals surface area (Å²) in [7, 11) is 0. The van der Waals surface area contributed by atoms with E-state index in [0.29, 0.717) is 36.4 Å². The summed E-state index contributed by atoms with van der Waals surface area (Å²) in [5.74, 6) is -0.438. The summed E-state index contributed by atoms with van der Waals surface area (Å²) in [4.78, 5) is 18.4. The third-order valence-corrected chi connectivity index (χ3v) is 4.90. The van der Waals surface area contributed by atoms with Crippen LogP contribution >= 0.6 is 15.9 Å². The summed E-state index contributed by atoms with van der Waals surface area (Å²) in [6.45, 7) is 1.52. The second-order valence-corrected chi connectivity index (χ2v) is 7.15. The summed E-state index contributed by atoms with van der Waals surface area (Å²) in [6, 6.07) is 9.00. The molecule has 1 fully saturated rings. The molecule has 28 heavy (non-hydrogen) atoms. The first kappa shape index (κ1) is 18.9. The van der Waals surface area contributed by atoms with E-state index in [2.05, 4.69) is 26.0 Å². The van der Waals surface area contributed by atoms with E-state index in [4.69, 9.17) is 4.74 Å². The van der Waals surface area contributed by atoms with Crippen LogP contribution in [0.25, 0.3) is 16.9 Å². The highest BCUT2D eigenvalue weighted by atomic mass is 79.9. The molecule has 10 heteroatoms. The molecule has 0 N–H and O–H groups in total. The molecule has 4 rings (SSSR count). The van der Waals surface area contributed by atoms with Gasteiger partial charge in [0.25, 0.3) is 5.91 Å². The Kier molecular flexibility index (Phi) is 4.84. The van der Waals surface area contributed by atoms with Gasteiger partial charge in [0.05, 0.1) is 18.9 Å². The van der Waals surface area contributed by atoms with Crippen LogP contribution in [0.4, 0.5) is 13.2 Å². The van der Waals surface area contributed by atoms with Crippen LogP contribution < -0.4 is 0 Å². The molecule has 0 radical (unpaired) electrons. The van der Waals surface area contributed by atoms with Crippen LogP contribution in [0, 0.1) is 0 Å². The van der Waals surface area contributed by atoms with Crippen molar-refractivity contribution in [1.29, 1.82) is 0 Å². The Balaban J connectivity index is 1.82. The van der Waals surface area contributed by atoms with Gasteiger partial charge in [-0.25, -0.2) is 9.50 Å². The molecule has 146 valence electrons. The third-order valence-electron chi connectivity index (χ3n) is 4.38. The Morgan fingerprint density at radius 3 is 2.43 bits per heavy atom. The van der Waals surface area contributed by atoms with Gasteiger partial charge in [-0.15, -0.1) is 0 Å². The first-order chi connectivity index (χ1) is 13.3. The molecule has 3 aromatic rings. The fourth-order valence-electron chi connectivity index (χ4n) is 2.98. The van der Waals surface area contributed by atoms with E-state index in [1.165, 1.54) is 11.0 Å². The molecule has 6 nitrogen and oxygen atoms in total. The summed E-state index contributed by atoms with van der Waals surface area (Å²) in [5.41, 5.74) is -0.426. The Morgan fingerprint density at radius 2 is 1.79 bits per heavy atom. The zero-order chi connectivity index (χ0) is 19.9. The predicted octanol–water partition coefficient (Wildman–Crippen LogP) is 3.65. The minimum absolute atomic E-state index is 0.0376. The van der Waals surface area contributed by atoms with E-state index in [1.54, 1.807) is 24.3 Å².